The summed E-state index contributed by atoms with van der Waals surface area (Å²) >= 11 is 0. The van der Waals surface area contributed by atoms with Gasteiger partial charge in [0.15, 0.2) is 0 Å². The van der Waals surface area contributed by atoms with Crippen molar-refractivity contribution < 1.29 is 9.32 Å². The van der Waals surface area contributed by atoms with E-state index in [1.165, 1.54) is 0 Å². The highest BCUT2D eigenvalue weighted by atomic mass is 16.5. The van der Waals surface area contributed by atoms with E-state index in [1.807, 2.05) is 48.2 Å². The van der Waals surface area contributed by atoms with Gasteiger partial charge in [0.25, 0.3) is 11.6 Å². The normalized spacial score (nSPS) is 16.0. The van der Waals surface area contributed by atoms with Gasteiger partial charge in [-0.15, -0.1) is 0 Å². The number of nitriles is 1. The van der Waals surface area contributed by atoms with Crippen molar-refractivity contribution in [2.24, 2.45) is 5.92 Å². The van der Waals surface area contributed by atoms with Crippen LogP contribution < -0.4 is 0 Å². The van der Waals surface area contributed by atoms with Crippen LogP contribution in [-0.4, -0.2) is 58.1 Å². The van der Waals surface area contributed by atoms with E-state index < -0.39 is 0 Å². The Kier molecular flexibility index (Phi) is 5.51. The summed E-state index contributed by atoms with van der Waals surface area (Å²) in [6, 6.07) is 13.8. The maximum atomic E-state index is 13.5. The quantitative estimate of drug-likeness (QED) is 0.663. The molecule has 0 saturated carbocycles. The van der Waals surface area contributed by atoms with E-state index in [0.717, 1.165) is 5.56 Å². The second kappa shape index (κ2) is 8.25. The summed E-state index contributed by atoms with van der Waals surface area (Å²) < 4.78 is 5.40. The van der Waals surface area contributed by atoms with E-state index in [2.05, 4.69) is 35.0 Å². The molecule has 3 aromatic rings. The Morgan fingerprint density at radius 2 is 1.87 bits per heavy atom. The van der Waals surface area contributed by atoms with Crippen molar-refractivity contribution in [1.29, 1.82) is 5.26 Å². The second-order valence-corrected chi connectivity index (χ2v) is 8.02. The van der Waals surface area contributed by atoms with Crippen LogP contribution in [0.5, 0.6) is 0 Å². The molecular formula is C23H25N5O2. The third-order valence-corrected chi connectivity index (χ3v) is 5.68. The molecule has 0 bridgehead atoms. The molecule has 1 amide bonds. The summed E-state index contributed by atoms with van der Waals surface area (Å²) in [5.41, 5.74) is 3.20. The van der Waals surface area contributed by atoms with Crippen molar-refractivity contribution in [3.8, 4) is 17.3 Å². The first-order valence-electron chi connectivity index (χ1n) is 10.2. The first-order valence-corrected chi connectivity index (χ1v) is 10.2. The number of amides is 1. The highest BCUT2D eigenvalue weighted by molar-refractivity contribution is 6.07. The fourth-order valence-corrected chi connectivity index (χ4v) is 4.05. The van der Waals surface area contributed by atoms with E-state index in [4.69, 9.17) is 4.52 Å². The summed E-state index contributed by atoms with van der Waals surface area (Å²) in [4.78, 5) is 22.1. The van der Waals surface area contributed by atoms with Gasteiger partial charge in [-0.1, -0.05) is 49.3 Å². The first-order chi connectivity index (χ1) is 14.5. The van der Waals surface area contributed by atoms with E-state index in [1.54, 1.807) is 0 Å². The number of pyridine rings is 1. The topological polar surface area (TPSA) is 86.3 Å². The Labute approximate surface area is 175 Å². The predicted molar refractivity (Wildman–Crippen MR) is 114 cm³/mol. The number of rotatable bonds is 4. The molecule has 1 unspecified atom stereocenters. The van der Waals surface area contributed by atoms with Crippen molar-refractivity contribution in [1.82, 2.24) is 19.9 Å². The molecule has 1 fully saturated rings. The third-order valence-electron chi connectivity index (χ3n) is 5.68. The lowest BCUT2D eigenvalue weighted by Gasteiger charge is -2.38. The summed E-state index contributed by atoms with van der Waals surface area (Å²) in [7, 11) is 0. The SMILES string of the molecule is Cc1noc2nc(-c3ccccc3)cc(C(=O)N3CCN(C(C#N)C(C)C)CC3)c12. The molecule has 0 spiro atoms. The second-order valence-electron chi connectivity index (χ2n) is 8.02. The molecule has 30 heavy (non-hydrogen) atoms. The molecule has 1 saturated heterocycles. The molecule has 1 atom stereocenters. The highest BCUT2D eigenvalue weighted by Gasteiger charge is 2.30. The molecule has 1 aromatic carbocycles. The lowest BCUT2D eigenvalue weighted by atomic mass is 10.0. The van der Waals surface area contributed by atoms with Crippen LogP contribution in [0.4, 0.5) is 0 Å². The van der Waals surface area contributed by atoms with Gasteiger partial charge in [-0.05, 0) is 18.9 Å². The van der Waals surface area contributed by atoms with Crippen LogP contribution in [0.25, 0.3) is 22.4 Å². The van der Waals surface area contributed by atoms with Crippen LogP contribution in [0, 0.1) is 24.2 Å². The smallest absolute Gasteiger partial charge is 0.259 e. The molecule has 7 heteroatoms. The van der Waals surface area contributed by atoms with E-state index in [9.17, 15) is 10.1 Å². The Hall–Kier alpha value is -3.24. The number of benzene rings is 1. The molecule has 154 valence electrons. The van der Waals surface area contributed by atoms with Gasteiger partial charge in [-0.3, -0.25) is 9.69 Å². The summed E-state index contributed by atoms with van der Waals surface area (Å²) in [5, 5.41) is 14.2. The predicted octanol–water partition coefficient (Wildman–Crippen LogP) is 3.50. The van der Waals surface area contributed by atoms with Gasteiger partial charge in [0, 0.05) is 31.7 Å². The van der Waals surface area contributed by atoms with Crippen molar-refractivity contribution in [2.75, 3.05) is 26.2 Å². The summed E-state index contributed by atoms with van der Waals surface area (Å²) in [6.45, 7) is 8.47. The van der Waals surface area contributed by atoms with Crippen LogP contribution >= 0.6 is 0 Å². The Balaban J connectivity index is 1.64. The average molecular weight is 403 g/mol. The fraction of sp³-hybridized carbons (Fsp3) is 0.391. The molecule has 0 aliphatic carbocycles. The molecule has 1 aliphatic rings. The summed E-state index contributed by atoms with van der Waals surface area (Å²) in [5.74, 6) is 0.203. The molecule has 7 nitrogen and oxygen atoms in total. The minimum absolute atomic E-state index is 0.0522. The number of hydrogen-bond acceptors (Lipinski definition) is 6. The van der Waals surface area contributed by atoms with Crippen molar-refractivity contribution in [3.05, 3.63) is 47.7 Å². The largest absolute Gasteiger partial charge is 0.336 e. The zero-order valence-corrected chi connectivity index (χ0v) is 17.5. The average Bonchev–Trinajstić information content (AvgIpc) is 3.15. The van der Waals surface area contributed by atoms with Gasteiger partial charge in [-0.25, -0.2) is 4.98 Å². The lowest BCUT2D eigenvalue weighted by Crippen LogP contribution is -2.52. The van der Waals surface area contributed by atoms with Crippen molar-refractivity contribution in [2.45, 2.75) is 26.8 Å². The molecule has 0 N–H and O–H groups in total. The zero-order valence-electron chi connectivity index (χ0n) is 17.5. The van der Waals surface area contributed by atoms with Gasteiger partial charge in [0.2, 0.25) is 0 Å². The standard InChI is InChI=1S/C23H25N5O2/c1-15(2)20(14-24)27-9-11-28(12-10-27)23(29)18-13-19(17-7-5-4-6-8-17)25-22-21(18)16(3)26-30-22/h4-8,13,15,20H,9-12H2,1-3H3. The number of hydrogen-bond donors (Lipinski definition) is 0. The third kappa shape index (κ3) is 3.66. The fourth-order valence-electron chi connectivity index (χ4n) is 4.05. The zero-order chi connectivity index (χ0) is 21.3. The number of piperazine rings is 1. The molecule has 4 rings (SSSR count). The first kappa shape index (κ1) is 20.0. The minimum atomic E-state index is -0.125. The maximum Gasteiger partial charge on any atom is 0.259 e. The molecule has 1 aliphatic heterocycles. The minimum Gasteiger partial charge on any atom is -0.336 e. The Morgan fingerprint density at radius 1 is 1.17 bits per heavy atom. The number of carbonyl (C=O) groups is 1. The Morgan fingerprint density at radius 3 is 2.50 bits per heavy atom. The van der Waals surface area contributed by atoms with E-state index >= 15 is 0 Å². The monoisotopic (exact) mass is 403 g/mol. The molecule has 0 radical (unpaired) electrons. The van der Waals surface area contributed by atoms with Gasteiger partial charge >= 0.3 is 0 Å². The van der Waals surface area contributed by atoms with Crippen LogP contribution in [0.1, 0.15) is 29.9 Å². The van der Waals surface area contributed by atoms with Crippen molar-refractivity contribution in [3.63, 3.8) is 0 Å². The van der Waals surface area contributed by atoms with Crippen LogP contribution in [-0.2, 0) is 0 Å². The van der Waals surface area contributed by atoms with Gasteiger partial charge in [0.1, 0.15) is 6.04 Å². The number of fused-ring (bicyclic) bond motifs is 1. The molecule has 2 aromatic heterocycles. The number of aryl methyl sites for hydroxylation is 1. The number of aromatic nitrogens is 2. The number of nitrogens with zero attached hydrogens (tertiary/aromatic N) is 5. The lowest BCUT2D eigenvalue weighted by molar-refractivity contribution is 0.0578. The van der Waals surface area contributed by atoms with Gasteiger partial charge < -0.3 is 9.42 Å². The van der Waals surface area contributed by atoms with E-state index in [0.29, 0.717) is 54.2 Å². The number of carbonyl (C=O) groups excluding carboxylic acids is 1. The highest BCUT2D eigenvalue weighted by Crippen LogP contribution is 2.28. The summed E-state index contributed by atoms with van der Waals surface area (Å²) in [6.07, 6.45) is 0. The van der Waals surface area contributed by atoms with Gasteiger partial charge in [0.05, 0.1) is 28.4 Å². The molecule has 3 heterocycles. The van der Waals surface area contributed by atoms with Gasteiger partial charge in [-0.2, -0.15) is 5.26 Å². The maximum absolute atomic E-state index is 13.5. The van der Waals surface area contributed by atoms with Crippen LogP contribution in [0.3, 0.4) is 0 Å². The van der Waals surface area contributed by atoms with Crippen LogP contribution in [0.2, 0.25) is 0 Å². The van der Waals surface area contributed by atoms with E-state index in [-0.39, 0.29) is 17.9 Å². The Bertz CT molecular complexity index is 1090. The van der Waals surface area contributed by atoms with Crippen molar-refractivity contribution >= 4 is 17.0 Å². The molecular weight excluding hydrogens is 378 g/mol. The van der Waals surface area contributed by atoms with Crippen LogP contribution in [0.15, 0.2) is 40.9 Å².